The molecule has 0 spiro atoms. The van der Waals surface area contributed by atoms with Crippen molar-refractivity contribution in [3.63, 3.8) is 0 Å². The standard InChI is InChI=1S/C10H15NO3S/c1-11-8-7-9-3-5-10(6-4-9)14-15(2,12)13/h3-6,11H,7-8H2,1-2H3. The van der Waals surface area contributed by atoms with Crippen LogP contribution >= 0.6 is 0 Å². The highest BCUT2D eigenvalue weighted by molar-refractivity contribution is 7.86. The van der Waals surface area contributed by atoms with Gasteiger partial charge in [0.1, 0.15) is 5.75 Å². The summed E-state index contributed by atoms with van der Waals surface area (Å²) >= 11 is 0. The fraction of sp³-hybridized carbons (Fsp3) is 0.400. The maximum atomic E-state index is 10.8. The van der Waals surface area contributed by atoms with E-state index >= 15 is 0 Å². The molecule has 0 amide bonds. The second kappa shape index (κ2) is 5.14. The van der Waals surface area contributed by atoms with Crippen LogP contribution in [0.1, 0.15) is 5.56 Å². The lowest BCUT2D eigenvalue weighted by molar-refractivity contribution is 0.493. The molecule has 0 bridgehead atoms. The van der Waals surface area contributed by atoms with E-state index in [4.69, 9.17) is 4.18 Å². The van der Waals surface area contributed by atoms with Gasteiger partial charge < -0.3 is 9.50 Å². The summed E-state index contributed by atoms with van der Waals surface area (Å²) in [5.41, 5.74) is 1.14. The zero-order valence-electron chi connectivity index (χ0n) is 8.86. The molecule has 1 N–H and O–H groups in total. The van der Waals surface area contributed by atoms with Crippen molar-refractivity contribution in [3.8, 4) is 5.75 Å². The van der Waals surface area contributed by atoms with Crippen LogP contribution in [0.25, 0.3) is 0 Å². The Kier molecular flexibility index (Phi) is 4.11. The van der Waals surface area contributed by atoms with E-state index < -0.39 is 10.1 Å². The van der Waals surface area contributed by atoms with Crippen molar-refractivity contribution < 1.29 is 12.6 Å². The Labute approximate surface area is 90.4 Å². The molecule has 0 atom stereocenters. The average Bonchev–Trinajstić information content (AvgIpc) is 2.14. The molecule has 0 heterocycles. The minimum Gasteiger partial charge on any atom is -0.383 e. The Morgan fingerprint density at radius 3 is 2.33 bits per heavy atom. The van der Waals surface area contributed by atoms with E-state index in [1.54, 1.807) is 12.1 Å². The van der Waals surface area contributed by atoms with Gasteiger partial charge in [0.25, 0.3) is 0 Å². The summed E-state index contributed by atoms with van der Waals surface area (Å²) in [6.45, 7) is 0.895. The molecule has 0 saturated heterocycles. The molecule has 1 aromatic carbocycles. The average molecular weight is 229 g/mol. The van der Waals surface area contributed by atoms with E-state index in [0.717, 1.165) is 24.8 Å². The summed E-state index contributed by atoms with van der Waals surface area (Å²) in [4.78, 5) is 0. The predicted octanol–water partition coefficient (Wildman–Crippen LogP) is 0.787. The molecule has 84 valence electrons. The van der Waals surface area contributed by atoms with Crippen LogP contribution in [-0.2, 0) is 16.5 Å². The van der Waals surface area contributed by atoms with Gasteiger partial charge in [-0.25, -0.2) is 0 Å². The van der Waals surface area contributed by atoms with Crippen LogP contribution in [0.4, 0.5) is 0 Å². The third-order valence-electron chi connectivity index (χ3n) is 1.83. The minimum atomic E-state index is -3.42. The summed E-state index contributed by atoms with van der Waals surface area (Å²) in [5.74, 6) is 0.353. The van der Waals surface area contributed by atoms with E-state index in [9.17, 15) is 8.42 Å². The van der Waals surface area contributed by atoms with E-state index in [1.165, 1.54) is 0 Å². The minimum absolute atomic E-state index is 0.353. The largest absolute Gasteiger partial charge is 0.383 e. The Morgan fingerprint density at radius 2 is 1.87 bits per heavy atom. The molecule has 0 aliphatic carbocycles. The molecule has 0 saturated carbocycles. The maximum absolute atomic E-state index is 10.8. The molecule has 1 aromatic rings. The first-order chi connectivity index (χ1) is 7.01. The SMILES string of the molecule is CNCCc1ccc(OS(C)(=O)=O)cc1. The molecule has 0 aliphatic rings. The molecule has 4 nitrogen and oxygen atoms in total. The number of rotatable bonds is 5. The summed E-state index contributed by atoms with van der Waals surface area (Å²) in [6.07, 6.45) is 1.94. The number of nitrogens with one attached hydrogen (secondary N) is 1. The van der Waals surface area contributed by atoms with Crippen molar-refractivity contribution in [3.05, 3.63) is 29.8 Å². The lowest BCUT2D eigenvalue weighted by Gasteiger charge is -2.04. The summed E-state index contributed by atoms with van der Waals surface area (Å²) in [7, 11) is -1.53. The van der Waals surface area contributed by atoms with E-state index in [1.807, 2.05) is 19.2 Å². The van der Waals surface area contributed by atoms with Crippen LogP contribution in [0.5, 0.6) is 5.75 Å². The third kappa shape index (κ3) is 4.80. The molecular formula is C10H15NO3S. The molecule has 0 aliphatic heterocycles. The molecule has 15 heavy (non-hydrogen) atoms. The first kappa shape index (κ1) is 12.0. The van der Waals surface area contributed by atoms with Gasteiger partial charge in [0.15, 0.2) is 0 Å². The molecule has 0 unspecified atom stereocenters. The summed E-state index contributed by atoms with van der Waals surface area (Å²) < 4.78 is 26.4. The normalized spacial score (nSPS) is 11.3. The highest BCUT2D eigenvalue weighted by Gasteiger charge is 2.03. The number of hydrogen-bond acceptors (Lipinski definition) is 4. The molecule has 1 rings (SSSR count). The maximum Gasteiger partial charge on any atom is 0.306 e. The van der Waals surface area contributed by atoms with Crippen molar-refractivity contribution in [2.45, 2.75) is 6.42 Å². The Bertz CT molecular complexity index is 397. The van der Waals surface area contributed by atoms with E-state index in [0.29, 0.717) is 5.75 Å². The topological polar surface area (TPSA) is 55.4 Å². The van der Waals surface area contributed by atoms with Gasteiger partial charge in [-0.2, -0.15) is 8.42 Å². The zero-order chi connectivity index (χ0) is 11.3. The second-order valence-electron chi connectivity index (χ2n) is 3.28. The quantitative estimate of drug-likeness (QED) is 0.758. The van der Waals surface area contributed by atoms with Gasteiger partial charge in [-0.3, -0.25) is 0 Å². The van der Waals surface area contributed by atoms with Crippen LogP contribution in [-0.4, -0.2) is 28.3 Å². The molecule has 0 aromatic heterocycles. The lowest BCUT2D eigenvalue weighted by Crippen LogP contribution is -2.10. The van der Waals surface area contributed by atoms with Gasteiger partial charge in [0, 0.05) is 0 Å². The zero-order valence-corrected chi connectivity index (χ0v) is 9.67. The molecule has 0 fully saturated rings. The van der Waals surface area contributed by atoms with Gasteiger partial charge in [0.2, 0.25) is 0 Å². The third-order valence-corrected chi connectivity index (χ3v) is 2.33. The van der Waals surface area contributed by atoms with E-state index in [2.05, 4.69) is 5.32 Å². The van der Waals surface area contributed by atoms with Crippen molar-refractivity contribution in [2.24, 2.45) is 0 Å². The van der Waals surface area contributed by atoms with Gasteiger partial charge in [0.05, 0.1) is 6.26 Å². The van der Waals surface area contributed by atoms with Crippen LogP contribution < -0.4 is 9.50 Å². The van der Waals surface area contributed by atoms with Crippen molar-refractivity contribution >= 4 is 10.1 Å². The van der Waals surface area contributed by atoms with Gasteiger partial charge in [-0.1, -0.05) is 12.1 Å². The highest BCUT2D eigenvalue weighted by atomic mass is 32.2. The van der Waals surface area contributed by atoms with E-state index in [-0.39, 0.29) is 0 Å². The van der Waals surface area contributed by atoms with Crippen molar-refractivity contribution in [2.75, 3.05) is 19.8 Å². The van der Waals surface area contributed by atoms with Crippen LogP contribution in [0.2, 0.25) is 0 Å². The first-order valence-corrected chi connectivity index (χ1v) is 6.46. The Morgan fingerprint density at radius 1 is 1.27 bits per heavy atom. The molecule has 0 radical (unpaired) electrons. The van der Waals surface area contributed by atoms with Gasteiger partial charge >= 0.3 is 10.1 Å². The fourth-order valence-electron chi connectivity index (χ4n) is 1.16. The Balaban J connectivity index is 2.64. The first-order valence-electron chi connectivity index (χ1n) is 4.64. The van der Waals surface area contributed by atoms with Crippen molar-refractivity contribution in [1.29, 1.82) is 0 Å². The smallest absolute Gasteiger partial charge is 0.306 e. The van der Waals surface area contributed by atoms with Gasteiger partial charge in [-0.05, 0) is 37.7 Å². The summed E-state index contributed by atoms with van der Waals surface area (Å²) in [6, 6.07) is 7.04. The number of likely N-dealkylation sites (N-methyl/N-ethyl adjacent to an activating group) is 1. The second-order valence-corrected chi connectivity index (χ2v) is 4.86. The van der Waals surface area contributed by atoms with Crippen molar-refractivity contribution in [1.82, 2.24) is 5.32 Å². The molecule has 5 heteroatoms. The lowest BCUT2D eigenvalue weighted by atomic mass is 10.1. The number of benzene rings is 1. The van der Waals surface area contributed by atoms with Crippen LogP contribution in [0.15, 0.2) is 24.3 Å². The monoisotopic (exact) mass is 229 g/mol. The predicted molar refractivity (Wildman–Crippen MR) is 59.5 cm³/mol. The number of hydrogen-bond donors (Lipinski definition) is 1. The molecular weight excluding hydrogens is 214 g/mol. The summed E-state index contributed by atoms with van der Waals surface area (Å²) in [5, 5.41) is 3.04. The Hall–Kier alpha value is -1.07. The van der Waals surface area contributed by atoms with Gasteiger partial charge in [-0.15, -0.1) is 0 Å². The van der Waals surface area contributed by atoms with Crippen LogP contribution in [0, 0.1) is 0 Å². The van der Waals surface area contributed by atoms with Crippen LogP contribution in [0.3, 0.4) is 0 Å². The highest BCUT2D eigenvalue weighted by Crippen LogP contribution is 2.13. The fourth-order valence-corrected chi connectivity index (χ4v) is 1.62.